The molecule has 4 rings (SSSR count). The van der Waals surface area contributed by atoms with Gasteiger partial charge < -0.3 is 9.84 Å². The van der Waals surface area contributed by atoms with Crippen LogP contribution in [0.1, 0.15) is 42.5 Å². The molecule has 3 aromatic carbocycles. The van der Waals surface area contributed by atoms with E-state index < -0.39 is 0 Å². The average Bonchev–Trinajstić information content (AvgIpc) is 3.29. The Bertz CT molecular complexity index is 1470. The van der Waals surface area contributed by atoms with Gasteiger partial charge >= 0.3 is 5.97 Å². The molecular weight excluding hydrogens is 491 g/mol. The Morgan fingerprint density at radius 1 is 1.08 bits per heavy atom. The van der Waals surface area contributed by atoms with Crippen molar-refractivity contribution in [3.8, 4) is 0 Å². The molecule has 1 N–H and O–H groups in total. The summed E-state index contributed by atoms with van der Waals surface area (Å²) in [5.74, 6) is -0.775. The predicted molar refractivity (Wildman–Crippen MR) is 147 cm³/mol. The standard InChI is InChI=1S/C30H28ClFN2O3/c1-3-25(26-12-11-24(32)18-27(26)31)30(21-8-5-20(6-9-21)7-14-29(36)37-4-2)22-10-13-28-23(17-22)19-34(33-28)15-16-35/h5-14,17-19,35H,3-4,15-16H2,1-2H3/b14-7+,30-25+. The maximum atomic E-state index is 13.9. The number of hydrogen-bond acceptors (Lipinski definition) is 4. The Morgan fingerprint density at radius 2 is 1.84 bits per heavy atom. The highest BCUT2D eigenvalue weighted by Crippen LogP contribution is 2.38. The van der Waals surface area contributed by atoms with Gasteiger partial charge in [0, 0.05) is 17.7 Å². The summed E-state index contributed by atoms with van der Waals surface area (Å²) < 4.78 is 20.5. The van der Waals surface area contributed by atoms with E-state index in [0.29, 0.717) is 24.6 Å². The second-order valence-electron chi connectivity index (χ2n) is 8.43. The van der Waals surface area contributed by atoms with Crippen LogP contribution in [0.3, 0.4) is 0 Å². The number of aliphatic hydroxyl groups is 1. The summed E-state index contributed by atoms with van der Waals surface area (Å²) in [5, 5.41) is 15.1. The minimum Gasteiger partial charge on any atom is -0.463 e. The molecular formula is C30H28ClFN2O3. The molecule has 190 valence electrons. The van der Waals surface area contributed by atoms with Crippen molar-refractivity contribution in [3.05, 3.63) is 106 Å². The number of esters is 1. The molecule has 0 unspecified atom stereocenters. The van der Waals surface area contributed by atoms with E-state index in [4.69, 9.17) is 16.3 Å². The summed E-state index contributed by atoms with van der Waals surface area (Å²) in [4.78, 5) is 11.7. The topological polar surface area (TPSA) is 64.3 Å². The van der Waals surface area contributed by atoms with E-state index in [1.165, 1.54) is 18.2 Å². The first-order valence-corrected chi connectivity index (χ1v) is 12.5. The van der Waals surface area contributed by atoms with Crippen LogP contribution >= 0.6 is 11.6 Å². The van der Waals surface area contributed by atoms with Crippen molar-refractivity contribution in [1.82, 2.24) is 9.78 Å². The Labute approximate surface area is 220 Å². The predicted octanol–water partition coefficient (Wildman–Crippen LogP) is 6.77. The number of carbonyl (C=O) groups excluding carboxylic acids is 1. The summed E-state index contributed by atoms with van der Waals surface area (Å²) in [5.41, 5.74) is 6.30. The number of hydrogen-bond donors (Lipinski definition) is 1. The fourth-order valence-electron chi connectivity index (χ4n) is 4.32. The molecule has 0 bridgehead atoms. The zero-order chi connectivity index (χ0) is 26.4. The molecule has 0 fully saturated rings. The van der Waals surface area contributed by atoms with Gasteiger partial charge in [-0.1, -0.05) is 54.9 Å². The summed E-state index contributed by atoms with van der Waals surface area (Å²) in [6, 6.07) is 18.3. The van der Waals surface area contributed by atoms with E-state index in [1.54, 1.807) is 23.7 Å². The first-order chi connectivity index (χ1) is 17.9. The van der Waals surface area contributed by atoms with Crippen molar-refractivity contribution < 1.29 is 19.0 Å². The van der Waals surface area contributed by atoms with Crippen LogP contribution in [0.5, 0.6) is 0 Å². The van der Waals surface area contributed by atoms with Crippen LogP contribution in [-0.4, -0.2) is 34.1 Å². The maximum absolute atomic E-state index is 13.9. The van der Waals surface area contributed by atoms with Gasteiger partial charge in [0.15, 0.2) is 0 Å². The number of aromatic nitrogens is 2. The molecule has 7 heteroatoms. The summed E-state index contributed by atoms with van der Waals surface area (Å²) >= 11 is 6.51. The third-order valence-corrected chi connectivity index (χ3v) is 6.29. The normalized spacial score (nSPS) is 12.2. The third-order valence-electron chi connectivity index (χ3n) is 5.98. The number of halogens is 2. The lowest BCUT2D eigenvalue weighted by Crippen LogP contribution is -2.01. The number of carbonyl (C=O) groups is 1. The number of nitrogens with zero attached hydrogens (tertiary/aromatic N) is 2. The molecule has 0 aliphatic carbocycles. The van der Waals surface area contributed by atoms with Crippen molar-refractivity contribution >= 4 is 45.7 Å². The number of ether oxygens (including phenoxy) is 1. The lowest BCUT2D eigenvalue weighted by molar-refractivity contribution is -0.137. The van der Waals surface area contributed by atoms with Gasteiger partial charge in [0.2, 0.25) is 0 Å². The van der Waals surface area contributed by atoms with Gasteiger partial charge in [0.1, 0.15) is 5.82 Å². The van der Waals surface area contributed by atoms with Crippen LogP contribution < -0.4 is 0 Å². The molecule has 0 saturated heterocycles. The van der Waals surface area contributed by atoms with Gasteiger partial charge in [-0.15, -0.1) is 0 Å². The van der Waals surface area contributed by atoms with E-state index in [1.807, 2.05) is 49.5 Å². The SMILES string of the molecule is CCOC(=O)/C=C/c1ccc(/C(=C(/CC)c2ccc(F)cc2Cl)c2ccc3nn(CCO)cc3c2)cc1. The third kappa shape index (κ3) is 6.16. The average molecular weight is 519 g/mol. The number of benzene rings is 3. The van der Waals surface area contributed by atoms with Crippen LogP contribution in [0.25, 0.3) is 28.1 Å². The lowest BCUT2D eigenvalue weighted by atomic mass is 9.87. The van der Waals surface area contributed by atoms with Gasteiger partial charge in [-0.3, -0.25) is 4.68 Å². The van der Waals surface area contributed by atoms with E-state index >= 15 is 0 Å². The summed E-state index contributed by atoms with van der Waals surface area (Å²) in [7, 11) is 0. The van der Waals surface area contributed by atoms with Gasteiger partial charge in [-0.05, 0) is 77.1 Å². The van der Waals surface area contributed by atoms with E-state index in [9.17, 15) is 14.3 Å². The van der Waals surface area contributed by atoms with Gasteiger partial charge in [0.25, 0.3) is 0 Å². The molecule has 37 heavy (non-hydrogen) atoms. The molecule has 4 aromatic rings. The highest BCUT2D eigenvalue weighted by Gasteiger charge is 2.17. The molecule has 0 spiro atoms. The largest absolute Gasteiger partial charge is 0.463 e. The van der Waals surface area contributed by atoms with Crippen LogP contribution in [0.2, 0.25) is 5.02 Å². The zero-order valence-corrected chi connectivity index (χ0v) is 21.5. The second kappa shape index (κ2) is 12.0. The first kappa shape index (κ1) is 26.3. The molecule has 0 amide bonds. The smallest absolute Gasteiger partial charge is 0.330 e. The molecule has 1 aromatic heterocycles. The minimum absolute atomic E-state index is 0.00596. The Kier molecular flexibility index (Phi) is 8.54. The number of allylic oxidation sites excluding steroid dienone is 1. The van der Waals surface area contributed by atoms with Crippen molar-refractivity contribution in [2.24, 2.45) is 0 Å². The van der Waals surface area contributed by atoms with Gasteiger partial charge in [0.05, 0.1) is 30.3 Å². The molecule has 1 heterocycles. The fraction of sp³-hybridized carbons (Fsp3) is 0.200. The lowest BCUT2D eigenvalue weighted by Gasteiger charge is -2.17. The van der Waals surface area contributed by atoms with E-state index in [0.717, 1.165) is 44.3 Å². The van der Waals surface area contributed by atoms with Gasteiger partial charge in [-0.2, -0.15) is 5.10 Å². The highest BCUT2D eigenvalue weighted by molar-refractivity contribution is 6.32. The van der Waals surface area contributed by atoms with Crippen molar-refractivity contribution in [1.29, 1.82) is 0 Å². The maximum Gasteiger partial charge on any atom is 0.330 e. The quantitative estimate of drug-likeness (QED) is 0.151. The molecule has 5 nitrogen and oxygen atoms in total. The molecule has 0 radical (unpaired) electrons. The fourth-order valence-corrected chi connectivity index (χ4v) is 4.60. The monoisotopic (exact) mass is 518 g/mol. The second-order valence-corrected chi connectivity index (χ2v) is 8.84. The Hall–Kier alpha value is -3.74. The molecule has 0 aliphatic rings. The Balaban J connectivity index is 1.86. The van der Waals surface area contributed by atoms with Crippen molar-refractivity contribution in [3.63, 3.8) is 0 Å². The minimum atomic E-state index is -0.388. The van der Waals surface area contributed by atoms with Crippen LogP contribution in [0, 0.1) is 5.82 Å². The first-order valence-electron chi connectivity index (χ1n) is 12.2. The molecule has 0 atom stereocenters. The Morgan fingerprint density at radius 3 is 2.51 bits per heavy atom. The van der Waals surface area contributed by atoms with Crippen LogP contribution in [0.15, 0.2) is 72.9 Å². The van der Waals surface area contributed by atoms with Crippen LogP contribution in [0.4, 0.5) is 4.39 Å². The van der Waals surface area contributed by atoms with E-state index in [2.05, 4.69) is 11.2 Å². The highest BCUT2D eigenvalue weighted by atomic mass is 35.5. The zero-order valence-electron chi connectivity index (χ0n) is 20.7. The van der Waals surface area contributed by atoms with Gasteiger partial charge in [-0.25, -0.2) is 9.18 Å². The summed E-state index contributed by atoms with van der Waals surface area (Å²) in [6.45, 7) is 4.56. The van der Waals surface area contributed by atoms with Crippen LogP contribution in [-0.2, 0) is 16.1 Å². The summed E-state index contributed by atoms with van der Waals surface area (Å²) in [6.07, 6.45) is 5.69. The molecule has 0 aliphatic heterocycles. The molecule has 0 saturated carbocycles. The number of aliphatic hydroxyl groups excluding tert-OH is 1. The van der Waals surface area contributed by atoms with Crippen molar-refractivity contribution in [2.45, 2.75) is 26.8 Å². The number of rotatable bonds is 9. The number of fused-ring (bicyclic) bond motifs is 1. The van der Waals surface area contributed by atoms with E-state index in [-0.39, 0.29) is 18.4 Å². The van der Waals surface area contributed by atoms with Crippen molar-refractivity contribution in [2.75, 3.05) is 13.2 Å².